The number of hydrogen-bond donors (Lipinski definition) is 1. The smallest absolute Gasteiger partial charge is 0.257 e. The minimum absolute atomic E-state index is 0.178. The van der Waals surface area contributed by atoms with E-state index in [4.69, 9.17) is 0 Å². The highest BCUT2D eigenvalue weighted by atomic mass is 16.1. The minimum atomic E-state index is -0.178. The Bertz CT molecular complexity index is 1010. The van der Waals surface area contributed by atoms with E-state index in [0.717, 1.165) is 22.3 Å². The second kappa shape index (κ2) is 6.52. The van der Waals surface area contributed by atoms with Gasteiger partial charge in [0.05, 0.1) is 17.6 Å². The predicted molar refractivity (Wildman–Crippen MR) is 95.3 cm³/mol. The number of nitrogens with one attached hydrogen (secondary N) is 1. The van der Waals surface area contributed by atoms with Crippen LogP contribution in [0.15, 0.2) is 73.1 Å². The lowest BCUT2D eigenvalue weighted by Crippen LogP contribution is -2.12. The minimum Gasteiger partial charge on any atom is -0.322 e. The first-order valence-corrected chi connectivity index (χ1v) is 7.88. The van der Waals surface area contributed by atoms with Crippen molar-refractivity contribution in [1.82, 2.24) is 20.0 Å². The standard InChI is InChI=1S/C19H15N5O/c25-19(15-4-3-11-20-12-15)21-16-9-7-14(8-10-16)13-24-18-6-2-1-5-17(18)22-23-24/h1-12H,13H2,(H,21,25). The molecule has 122 valence electrons. The van der Waals surface area contributed by atoms with Crippen molar-refractivity contribution in [3.05, 3.63) is 84.2 Å². The van der Waals surface area contributed by atoms with Gasteiger partial charge >= 0.3 is 0 Å². The molecule has 4 rings (SSSR count). The number of benzene rings is 2. The summed E-state index contributed by atoms with van der Waals surface area (Å²) in [5.41, 5.74) is 4.22. The monoisotopic (exact) mass is 329 g/mol. The Morgan fingerprint density at radius 1 is 1.00 bits per heavy atom. The van der Waals surface area contributed by atoms with Crippen LogP contribution < -0.4 is 5.32 Å². The molecule has 6 heteroatoms. The Balaban J connectivity index is 1.48. The zero-order valence-corrected chi connectivity index (χ0v) is 13.3. The highest BCUT2D eigenvalue weighted by Gasteiger charge is 2.07. The van der Waals surface area contributed by atoms with Gasteiger partial charge in [-0.2, -0.15) is 0 Å². The van der Waals surface area contributed by atoms with Gasteiger partial charge in [-0.05, 0) is 42.0 Å². The average Bonchev–Trinajstić information content (AvgIpc) is 3.07. The van der Waals surface area contributed by atoms with Crippen LogP contribution in [0.3, 0.4) is 0 Å². The van der Waals surface area contributed by atoms with Crippen LogP contribution in [-0.4, -0.2) is 25.9 Å². The van der Waals surface area contributed by atoms with Crippen molar-refractivity contribution in [2.75, 3.05) is 5.32 Å². The van der Waals surface area contributed by atoms with Crippen molar-refractivity contribution in [2.24, 2.45) is 0 Å². The van der Waals surface area contributed by atoms with Gasteiger partial charge in [-0.3, -0.25) is 9.78 Å². The third kappa shape index (κ3) is 3.23. The molecule has 0 aliphatic rings. The molecule has 0 bridgehead atoms. The Morgan fingerprint density at radius 2 is 1.84 bits per heavy atom. The molecule has 1 amide bonds. The van der Waals surface area contributed by atoms with Crippen molar-refractivity contribution in [3.63, 3.8) is 0 Å². The van der Waals surface area contributed by atoms with E-state index in [1.165, 1.54) is 0 Å². The molecular formula is C19H15N5O. The van der Waals surface area contributed by atoms with Gasteiger partial charge < -0.3 is 5.32 Å². The van der Waals surface area contributed by atoms with E-state index in [-0.39, 0.29) is 5.91 Å². The molecule has 0 radical (unpaired) electrons. The van der Waals surface area contributed by atoms with Crippen LogP contribution in [0, 0.1) is 0 Å². The van der Waals surface area contributed by atoms with Gasteiger partial charge in [-0.25, -0.2) is 4.68 Å². The molecular weight excluding hydrogens is 314 g/mol. The molecule has 6 nitrogen and oxygen atoms in total. The lowest BCUT2D eigenvalue weighted by molar-refractivity contribution is 0.102. The number of amides is 1. The number of nitrogens with zero attached hydrogens (tertiary/aromatic N) is 4. The lowest BCUT2D eigenvalue weighted by Gasteiger charge is -2.07. The van der Waals surface area contributed by atoms with Crippen molar-refractivity contribution in [1.29, 1.82) is 0 Å². The quantitative estimate of drug-likeness (QED) is 0.624. The molecule has 4 aromatic rings. The van der Waals surface area contributed by atoms with Crippen molar-refractivity contribution in [3.8, 4) is 0 Å². The zero-order valence-electron chi connectivity index (χ0n) is 13.3. The summed E-state index contributed by atoms with van der Waals surface area (Å²) in [6, 6.07) is 19.0. The Hall–Kier alpha value is -3.54. The summed E-state index contributed by atoms with van der Waals surface area (Å²) < 4.78 is 1.86. The van der Waals surface area contributed by atoms with E-state index in [0.29, 0.717) is 12.1 Å². The maximum atomic E-state index is 12.1. The first-order valence-electron chi connectivity index (χ1n) is 7.88. The van der Waals surface area contributed by atoms with E-state index in [1.807, 2.05) is 53.2 Å². The third-order valence-corrected chi connectivity index (χ3v) is 3.89. The predicted octanol–water partition coefficient (Wildman–Crippen LogP) is 3.13. The van der Waals surface area contributed by atoms with E-state index in [2.05, 4.69) is 20.6 Å². The number of carbonyl (C=O) groups excluding carboxylic acids is 1. The van der Waals surface area contributed by atoms with Crippen molar-refractivity contribution in [2.45, 2.75) is 6.54 Å². The lowest BCUT2D eigenvalue weighted by atomic mass is 10.2. The van der Waals surface area contributed by atoms with Crippen molar-refractivity contribution >= 4 is 22.6 Å². The Labute approximate surface area is 144 Å². The highest BCUT2D eigenvalue weighted by Crippen LogP contribution is 2.15. The van der Waals surface area contributed by atoms with Gasteiger partial charge in [0.1, 0.15) is 5.52 Å². The van der Waals surface area contributed by atoms with Gasteiger partial charge in [0.15, 0.2) is 0 Å². The van der Waals surface area contributed by atoms with Crippen LogP contribution in [0.1, 0.15) is 15.9 Å². The fraction of sp³-hybridized carbons (Fsp3) is 0.0526. The Kier molecular flexibility index (Phi) is 3.92. The van der Waals surface area contributed by atoms with Gasteiger partial charge in [0.2, 0.25) is 0 Å². The summed E-state index contributed by atoms with van der Waals surface area (Å²) in [4.78, 5) is 16.1. The number of carbonyl (C=O) groups is 1. The SMILES string of the molecule is O=C(Nc1ccc(Cn2nnc3ccccc32)cc1)c1cccnc1. The van der Waals surface area contributed by atoms with Crippen LogP contribution in [0.2, 0.25) is 0 Å². The second-order valence-electron chi connectivity index (χ2n) is 5.63. The number of fused-ring (bicyclic) bond motifs is 1. The molecule has 0 unspecified atom stereocenters. The van der Waals surface area contributed by atoms with Gasteiger partial charge in [-0.1, -0.05) is 29.5 Å². The molecule has 0 spiro atoms. The topological polar surface area (TPSA) is 72.7 Å². The number of hydrogen-bond acceptors (Lipinski definition) is 4. The van der Waals surface area contributed by atoms with E-state index >= 15 is 0 Å². The number of pyridine rings is 1. The number of anilines is 1. The molecule has 2 aromatic carbocycles. The summed E-state index contributed by atoms with van der Waals surface area (Å²) in [6.45, 7) is 0.622. The Morgan fingerprint density at radius 3 is 2.64 bits per heavy atom. The fourth-order valence-electron chi connectivity index (χ4n) is 2.60. The van der Waals surface area contributed by atoms with E-state index in [1.54, 1.807) is 24.5 Å². The number of aromatic nitrogens is 4. The third-order valence-electron chi connectivity index (χ3n) is 3.89. The van der Waals surface area contributed by atoms with Crippen LogP contribution in [-0.2, 0) is 6.54 Å². The molecule has 0 atom stereocenters. The van der Waals surface area contributed by atoms with Crippen LogP contribution in [0.5, 0.6) is 0 Å². The molecule has 2 heterocycles. The molecule has 25 heavy (non-hydrogen) atoms. The normalized spacial score (nSPS) is 10.7. The van der Waals surface area contributed by atoms with Crippen molar-refractivity contribution < 1.29 is 4.79 Å². The summed E-state index contributed by atoms with van der Waals surface area (Å²) in [5, 5.41) is 11.2. The summed E-state index contributed by atoms with van der Waals surface area (Å²) in [5.74, 6) is -0.178. The van der Waals surface area contributed by atoms with E-state index < -0.39 is 0 Å². The maximum Gasteiger partial charge on any atom is 0.257 e. The molecule has 2 aromatic heterocycles. The second-order valence-corrected chi connectivity index (χ2v) is 5.63. The molecule has 0 aliphatic carbocycles. The van der Waals surface area contributed by atoms with Crippen LogP contribution >= 0.6 is 0 Å². The molecule has 0 fully saturated rings. The first kappa shape index (κ1) is 15.0. The van der Waals surface area contributed by atoms with E-state index in [9.17, 15) is 4.79 Å². The summed E-state index contributed by atoms with van der Waals surface area (Å²) in [6.07, 6.45) is 3.18. The summed E-state index contributed by atoms with van der Waals surface area (Å²) in [7, 11) is 0. The highest BCUT2D eigenvalue weighted by molar-refractivity contribution is 6.04. The van der Waals surface area contributed by atoms with Gasteiger partial charge in [0.25, 0.3) is 5.91 Å². The molecule has 1 N–H and O–H groups in total. The maximum absolute atomic E-state index is 12.1. The molecule has 0 saturated carbocycles. The summed E-state index contributed by atoms with van der Waals surface area (Å²) >= 11 is 0. The number of para-hydroxylation sites is 1. The first-order chi connectivity index (χ1) is 12.3. The van der Waals surface area contributed by atoms with Gasteiger partial charge in [0, 0.05) is 18.1 Å². The average molecular weight is 329 g/mol. The number of rotatable bonds is 4. The molecule has 0 aliphatic heterocycles. The largest absolute Gasteiger partial charge is 0.322 e. The fourth-order valence-corrected chi connectivity index (χ4v) is 2.60. The van der Waals surface area contributed by atoms with Crippen LogP contribution in [0.4, 0.5) is 5.69 Å². The zero-order chi connectivity index (χ0) is 17.1. The van der Waals surface area contributed by atoms with Crippen LogP contribution in [0.25, 0.3) is 11.0 Å². The molecule has 0 saturated heterocycles. The van der Waals surface area contributed by atoms with Gasteiger partial charge in [-0.15, -0.1) is 5.10 Å².